The average Bonchev–Trinajstić information content (AvgIpc) is 1.53. The smallest absolute Gasteiger partial charge is 0.335 e. The van der Waals surface area contributed by atoms with E-state index in [0.29, 0.717) is 138 Å². The summed E-state index contributed by atoms with van der Waals surface area (Å²) in [6.07, 6.45) is 20.4. The van der Waals surface area contributed by atoms with Crippen molar-refractivity contribution in [3.05, 3.63) is 121 Å². The fourth-order valence-electron chi connectivity index (χ4n) is 13.9. The molecule has 10 rings (SSSR count). The third-order valence-electron chi connectivity index (χ3n) is 20.6. The maximum Gasteiger partial charge on any atom is 0.335 e. The van der Waals surface area contributed by atoms with Crippen LogP contribution >= 0.6 is 0 Å². The Bertz CT molecular complexity index is 3940. The van der Waals surface area contributed by atoms with Gasteiger partial charge < -0.3 is 68.0 Å². The summed E-state index contributed by atoms with van der Waals surface area (Å²) in [6, 6.07) is 12.2. The van der Waals surface area contributed by atoms with E-state index in [9.17, 15) is 14.7 Å². The second-order valence-corrected chi connectivity index (χ2v) is 56.7. The predicted octanol–water partition coefficient (Wildman–Crippen LogP) is 15.6. The van der Waals surface area contributed by atoms with Crippen molar-refractivity contribution in [1.82, 2.24) is 39.2 Å². The molecule has 4 aliphatic rings. The molecule has 2 saturated carbocycles. The number of pyridine rings is 2. The van der Waals surface area contributed by atoms with Gasteiger partial charge in [0.2, 0.25) is 5.91 Å². The number of primary amides is 1. The van der Waals surface area contributed by atoms with E-state index in [4.69, 9.17) is 83.2 Å². The Labute approximate surface area is 667 Å². The molecule has 0 radical (unpaired) electrons. The SMILES string of the molecule is C=C(OCC)c1c(C2CCC(OCCOC)(C(=O)O)CC2)nc2c(-c3ccc(C4=NC=CC4)nc3)cnn2c1N(COCC[Si](C)(C)C)COCC[Si](C)(C)C.C=C(OCC)c1c(C2CCC(OCCOC)(C(N)=O)CC2)nc2c(-c3ccc(C4=NC=CC4)nc3)cnn2c1N(COCC[Si](C)(C)C)COCC[Si](C)(C)C. The van der Waals surface area contributed by atoms with Gasteiger partial charge in [0.05, 0.1) is 97.4 Å². The molecular weight excluding hydrogens is 1490 g/mol. The first-order valence-electron chi connectivity index (χ1n) is 39.8. The number of ether oxygens (including phenoxy) is 10. The number of nitrogens with zero attached hydrogens (tertiary/aromatic N) is 12. The molecule has 0 aromatic carbocycles. The molecule has 0 bridgehead atoms. The van der Waals surface area contributed by atoms with Crippen molar-refractivity contribution in [2.75, 3.05) is 117 Å². The number of carbonyl (C=O) groups is 2. The van der Waals surface area contributed by atoms with Gasteiger partial charge in [-0.2, -0.15) is 19.2 Å². The first kappa shape index (κ1) is 88.5. The number of hydrogen-bond donors (Lipinski definition) is 2. The van der Waals surface area contributed by atoms with Crippen LogP contribution in [0.25, 0.3) is 45.1 Å². The minimum Gasteiger partial charge on any atom is -0.494 e. The summed E-state index contributed by atoms with van der Waals surface area (Å²) in [4.78, 5) is 59.1. The lowest BCUT2D eigenvalue weighted by Gasteiger charge is -2.38. The molecule has 30 heteroatoms. The number of carboxylic acids is 1. The number of aliphatic carboxylic acids is 1. The van der Waals surface area contributed by atoms with E-state index in [0.717, 1.165) is 105 Å². The summed E-state index contributed by atoms with van der Waals surface area (Å²) < 4.78 is 64.5. The van der Waals surface area contributed by atoms with Crippen molar-refractivity contribution in [2.24, 2.45) is 15.7 Å². The van der Waals surface area contributed by atoms with E-state index in [2.05, 4.69) is 112 Å². The molecule has 6 aromatic heterocycles. The molecule has 0 spiro atoms. The second kappa shape index (κ2) is 40.2. The maximum absolute atomic E-state index is 12.9. The summed E-state index contributed by atoms with van der Waals surface area (Å²) >= 11 is 0. The van der Waals surface area contributed by atoms with Crippen LogP contribution in [0.15, 0.2) is 96.7 Å². The highest BCUT2D eigenvalue weighted by molar-refractivity contribution is 6.77. The number of fused-ring (bicyclic) bond motifs is 2. The van der Waals surface area contributed by atoms with Gasteiger partial charge in [-0.3, -0.25) is 24.7 Å². The number of aliphatic imine (C=N–C) groups is 2. The van der Waals surface area contributed by atoms with Crippen LogP contribution in [0.4, 0.5) is 11.6 Å². The quantitative estimate of drug-likeness (QED) is 0.0155. The van der Waals surface area contributed by atoms with Crippen LogP contribution in [-0.2, 0) is 57.0 Å². The van der Waals surface area contributed by atoms with Crippen LogP contribution in [-0.4, -0.2) is 218 Å². The van der Waals surface area contributed by atoms with Crippen LogP contribution in [0, 0.1) is 0 Å². The number of allylic oxidation sites excluding steroid dienone is 2. The number of methoxy groups -OCH3 is 2. The Morgan fingerprint density at radius 1 is 0.527 bits per heavy atom. The first-order chi connectivity index (χ1) is 53.3. The molecule has 1 amide bonds. The van der Waals surface area contributed by atoms with E-state index in [1.54, 1.807) is 14.2 Å². The Hall–Kier alpha value is -7.47. The van der Waals surface area contributed by atoms with Crippen molar-refractivity contribution in [3.8, 4) is 22.3 Å². The molecule has 26 nitrogen and oxygen atoms in total. The topological polar surface area (TPSA) is 290 Å². The lowest BCUT2D eigenvalue weighted by atomic mass is 9.76. The van der Waals surface area contributed by atoms with Crippen molar-refractivity contribution >= 4 is 90.0 Å². The summed E-state index contributed by atoms with van der Waals surface area (Å²) in [5, 5.41) is 20.3. The molecule has 2 aliphatic carbocycles. The third-order valence-corrected chi connectivity index (χ3v) is 27.5. The molecular formula is C82H125N13O13Si4. The normalized spacial score (nSPS) is 18.7. The number of anilines is 2. The van der Waals surface area contributed by atoms with Gasteiger partial charge in [0.1, 0.15) is 55.7 Å². The van der Waals surface area contributed by atoms with Crippen LogP contribution in [0.3, 0.4) is 0 Å². The number of aromatic nitrogens is 8. The van der Waals surface area contributed by atoms with Gasteiger partial charge in [-0.05, 0) is 102 Å². The predicted molar refractivity (Wildman–Crippen MR) is 456 cm³/mol. The summed E-state index contributed by atoms with van der Waals surface area (Å²) in [5.74, 6) is 0.778. The van der Waals surface area contributed by atoms with Crippen molar-refractivity contribution < 1.29 is 62.1 Å². The minimum atomic E-state index is -1.36. The molecule has 8 heterocycles. The first-order valence-corrected chi connectivity index (χ1v) is 54.6. The second-order valence-electron chi connectivity index (χ2n) is 34.2. The van der Waals surface area contributed by atoms with Gasteiger partial charge >= 0.3 is 5.97 Å². The number of nitrogens with two attached hydrogens (primary N) is 1. The molecule has 6 aromatic rings. The standard InChI is InChI=1S/C41H63N7O6Si2.C41H62N6O7Si2/c1-10-53-30(2)36-37(31-15-17-41(18-16-31,40(42)49)54-21-20-50-3)46-38-33(32-13-14-35(44-26-32)34-12-11-19-43-34)27-45-48(38)39(36)47(28-51-22-24-55(4,5)6)29-52-23-25-56(7,8)9;1-10-53-30(2)36-37(31-15-17-41(18-16-31,40(48)49)54-21-20-50-3)45-38-33(32-13-14-35(43-26-32)34-12-11-19-42-34)27-44-47(38)39(36)46(28-51-22-24-55(4,5)6)29-52-23-25-56(7,8)9/h11,13-14,19,26-27,31H,2,10,12,15-18,20-25,28-29H2,1,3-9H3,(H2,42,49);11,13-14,19,26-27,31H,2,10,12,15-18,20-25,28-29H2,1,3-9H3,(H,48,49). The summed E-state index contributed by atoms with van der Waals surface area (Å²) in [7, 11) is -2.24. The number of carboxylic acid groups (broad SMARTS) is 1. The van der Waals surface area contributed by atoms with E-state index in [1.165, 1.54) is 0 Å². The highest BCUT2D eigenvalue weighted by Crippen LogP contribution is 2.47. The summed E-state index contributed by atoms with van der Waals surface area (Å²) in [6.45, 7) is 46.5. The zero-order valence-corrected chi connectivity index (χ0v) is 73.6. The van der Waals surface area contributed by atoms with Gasteiger partial charge in [-0.1, -0.05) is 116 Å². The van der Waals surface area contributed by atoms with Crippen LogP contribution in [0.1, 0.15) is 124 Å². The zero-order valence-electron chi connectivity index (χ0n) is 69.6. The van der Waals surface area contributed by atoms with Gasteiger partial charge in [0.25, 0.3) is 0 Å². The maximum atomic E-state index is 12.9. The molecule has 2 aliphatic heterocycles. The molecule has 3 N–H and O–H groups in total. The molecule has 612 valence electrons. The van der Waals surface area contributed by atoms with Gasteiger partial charge in [0, 0.05) is 145 Å². The van der Waals surface area contributed by atoms with Gasteiger partial charge in [0.15, 0.2) is 16.9 Å². The minimum absolute atomic E-state index is 0.0666. The number of carbonyl (C=O) groups excluding carboxylic acids is 1. The average molecular weight is 1610 g/mol. The van der Waals surface area contributed by atoms with Gasteiger partial charge in [-0.15, -0.1) is 0 Å². The lowest BCUT2D eigenvalue weighted by Crippen LogP contribution is -2.49. The lowest BCUT2D eigenvalue weighted by molar-refractivity contribution is -0.173. The highest BCUT2D eigenvalue weighted by atomic mass is 28.3. The Balaban J connectivity index is 0.000000257. The summed E-state index contributed by atoms with van der Waals surface area (Å²) in [5.41, 5.74) is 14.9. The Kier molecular flexibility index (Phi) is 31.8. The monoisotopic (exact) mass is 1610 g/mol. The molecule has 0 atom stereocenters. The van der Waals surface area contributed by atoms with E-state index >= 15 is 0 Å². The largest absolute Gasteiger partial charge is 0.494 e. The van der Waals surface area contributed by atoms with E-state index in [1.807, 2.05) is 96.5 Å². The third kappa shape index (κ3) is 23.8. The highest BCUT2D eigenvalue weighted by Gasteiger charge is 2.46. The number of rotatable bonds is 44. The fourth-order valence-corrected chi connectivity index (χ4v) is 16.9. The van der Waals surface area contributed by atoms with E-state index in [-0.39, 0.29) is 52.0 Å². The molecule has 0 saturated heterocycles. The zero-order chi connectivity index (χ0) is 81.0. The molecule has 2 fully saturated rings. The van der Waals surface area contributed by atoms with E-state index < -0.39 is 55.4 Å². The Morgan fingerprint density at radius 3 is 1.18 bits per heavy atom. The molecule has 0 unspecified atom stereocenters. The van der Waals surface area contributed by atoms with Gasteiger partial charge in [-0.25, -0.2) is 14.8 Å². The van der Waals surface area contributed by atoms with Crippen LogP contribution in [0.2, 0.25) is 103 Å². The van der Waals surface area contributed by atoms with Crippen molar-refractivity contribution in [3.63, 3.8) is 0 Å². The van der Waals surface area contributed by atoms with Crippen molar-refractivity contribution in [2.45, 2.75) is 204 Å². The molecule has 112 heavy (non-hydrogen) atoms. The van der Waals surface area contributed by atoms with Crippen LogP contribution < -0.4 is 15.5 Å². The van der Waals surface area contributed by atoms with Crippen LogP contribution in [0.5, 0.6) is 0 Å². The number of hydrogen-bond acceptors (Lipinski definition) is 22. The number of amides is 1. The van der Waals surface area contributed by atoms with Crippen molar-refractivity contribution in [1.29, 1.82) is 0 Å². The fraction of sp³-hybridized carbons (Fsp3) is 0.585. The Morgan fingerprint density at radius 2 is 0.884 bits per heavy atom.